The van der Waals surface area contributed by atoms with Crippen LogP contribution in [0, 0.1) is 0 Å². The van der Waals surface area contributed by atoms with Gasteiger partial charge in [-0.1, -0.05) is 22.0 Å². The Morgan fingerprint density at radius 1 is 1.20 bits per heavy atom. The highest BCUT2D eigenvalue weighted by atomic mass is 79.9. The van der Waals surface area contributed by atoms with Crippen molar-refractivity contribution in [3.63, 3.8) is 0 Å². The highest BCUT2D eigenvalue weighted by molar-refractivity contribution is 9.10. The van der Waals surface area contributed by atoms with Crippen LogP contribution >= 0.6 is 15.9 Å². The van der Waals surface area contributed by atoms with Crippen molar-refractivity contribution in [2.75, 3.05) is 17.6 Å². The topological polar surface area (TPSA) is 81.4 Å². The number of rotatable bonds is 4. The molecule has 0 unspecified atom stereocenters. The first-order chi connectivity index (χ1) is 9.42. The molecule has 5 nitrogen and oxygen atoms in total. The number of nitrogens with one attached hydrogen (secondary N) is 1. The zero-order chi connectivity index (χ0) is 14.8. The van der Waals surface area contributed by atoms with Gasteiger partial charge in [-0.2, -0.15) is 0 Å². The summed E-state index contributed by atoms with van der Waals surface area (Å²) in [7, 11) is -2.21. The van der Waals surface area contributed by atoms with Crippen LogP contribution in [-0.4, -0.2) is 15.5 Å². The molecule has 0 aliphatic rings. The standard InChI is InChI=1S/C13H13BrN2O3S/c1-19-13-6-5-11(8-12(13)15)20(17,18)16-10-4-2-3-9(14)7-10/h2-8,16H,15H2,1H3. The van der Waals surface area contributed by atoms with Gasteiger partial charge in [0, 0.05) is 10.2 Å². The normalized spacial score (nSPS) is 11.1. The molecule has 0 atom stereocenters. The van der Waals surface area contributed by atoms with Crippen molar-refractivity contribution in [2.24, 2.45) is 0 Å². The zero-order valence-corrected chi connectivity index (χ0v) is 13.0. The van der Waals surface area contributed by atoms with Gasteiger partial charge in [0.25, 0.3) is 10.0 Å². The smallest absolute Gasteiger partial charge is 0.261 e. The van der Waals surface area contributed by atoms with Crippen LogP contribution in [-0.2, 0) is 10.0 Å². The number of benzene rings is 2. The molecule has 7 heteroatoms. The summed E-state index contributed by atoms with van der Waals surface area (Å²) < 4.78 is 32.8. The van der Waals surface area contributed by atoms with Gasteiger partial charge in [0.1, 0.15) is 5.75 Å². The summed E-state index contributed by atoms with van der Waals surface area (Å²) in [4.78, 5) is 0.0794. The van der Waals surface area contributed by atoms with Gasteiger partial charge >= 0.3 is 0 Å². The molecule has 0 heterocycles. The number of hydrogen-bond donors (Lipinski definition) is 2. The predicted molar refractivity (Wildman–Crippen MR) is 82.4 cm³/mol. The molecule has 2 aromatic rings. The van der Waals surface area contributed by atoms with E-state index in [-0.39, 0.29) is 10.6 Å². The van der Waals surface area contributed by atoms with Gasteiger partial charge in [0.05, 0.1) is 17.7 Å². The van der Waals surface area contributed by atoms with Gasteiger partial charge in [-0.05, 0) is 36.4 Å². The minimum absolute atomic E-state index is 0.0794. The number of ether oxygens (including phenoxy) is 1. The van der Waals surface area contributed by atoms with E-state index < -0.39 is 10.0 Å². The number of sulfonamides is 1. The molecular weight excluding hydrogens is 344 g/mol. The van der Waals surface area contributed by atoms with Gasteiger partial charge in [0.15, 0.2) is 0 Å². The second kappa shape index (κ2) is 5.72. The lowest BCUT2D eigenvalue weighted by atomic mass is 10.3. The number of nitrogen functional groups attached to an aromatic ring is 1. The van der Waals surface area contributed by atoms with E-state index >= 15 is 0 Å². The molecule has 0 spiro atoms. The Morgan fingerprint density at radius 3 is 2.55 bits per heavy atom. The summed E-state index contributed by atoms with van der Waals surface area (Å²) in [5, 5.41) is 0. The van der Waals surface area contributed by atoms with E-state index in [4.69, 9.17) is 10.5 Å². The van der Waals surface area contributed by atoms with Crippen LogP contribution in [0.4, 0.5) is 11.4 Å². The van der Waals surface area contributed by atoms with Crippen LogP contribution in [0.15, 0.2) is 51.8 Å². The van der Waals surface area contributed by atoms with Gasteiger partial charge in [-0.3, -0.25) is 4.72 Å². The zero-order valence-electron chi connectivity index (χ0n) is 10.6. The fourth-order valence-corrected chi connectivity index (χ4v) is 3.13. The predicted octanol–water partition coefficient (Wildman–Crippen LogP) is 2.84. The van der Waals surface area contributed by atoms with E-state index in [0.717, 1.165) is 4.47 Å². The van der Waals surface area contributed by atoms with Crippen molar-refractivity contribution in [1.82, 2.24) is 0 Å². The van der Waals surface area contributed by atoms with Crippen LogP contribution in [0.25, 0.3) is 0 Å². The lowest BCUT2D eigenvalue weighted by molar-refractivity contribution is 0.416. The van der Waals surface area contributed by atoms with Crippen molar-refractivity contribution >= 4 is 37.3 Å². The number of halogens is 1. The van der Waals surface area contributed by atoms with E-state index in [0.29, 0.717) is 11.4 Å². The van der Waals surface area contributed by atoms with Crippen molar-refractivity contribution in [2.45, 2.75) is 4.90 Å². The third-order valence-corrected chi connectivity index (χ3v) is 4.46. The van der Waals surface area contributed by atoms with Crippen LogP contribution < -0.4 is 15.2 Å². The Kier molecular flexibility index (Phi) is 4.20. The van der Waals surface area contributed by atoms with E-state index in [1.807, 2.05) is 6.07 Å². The van der Waals surface area contributed by atoms with Crippen molar-refractivity contribution in [3.8, 4) is 5.75 Å². The molecule has 0 amide bonds. The summed E-state index contributed by atoms with van der Waals surface area (Å²) in [6.45, 7) is 0. The Balaban J connectivity index is 2.33. The van der Waals surface area contributed by atoms with Crippen molar-refractivity contribution < 1.29 is 13.2 Å². The maximum atomic E-state index is 12.2. The molecule has 0 fully saturated rings. The molecule has 3 N–H and O–H groups in total. The van der Waals surface area contributed by atoms with Gasteiger partial charge < -0.3 is 10.5 Å². The van der Waals surface area contributed by atoms with Crippen molar-refractivity contribution in [3.05, 3.63) is 46.9 Å². The van der Waals surface area contributed by atoms with Crippen LogP contribution in [0.1, 0.15) is 0 Å². The largest absolute Gasteiger partial charge is 0.495 e. The van der Waals surface area contributed by atoms with Gasteiger partial charge in [-0.25, -0.2) is 8.42 Å². The van der Waals surface area contributed by atoms with Crippen molar-refractivity contribution in [1.29, 1.82) is 0 Å². The summed E-state index contributed by atoms with van der Waals surface area (Å²) in [5.41, 5.74) is 6.46. The highest BCUT2D eigenvalue weighted by Crippen LogP contribution is 2.26. The third-order valence-electron chi connectivity index (χ3n) is 2.59. The lowest BCUT2D eigenvalue weighted by Gasteiger charge is -2.10. The average molecular weight is 357 g/mol. The SMILES string of the molecule is COc1ccc(S(=O)(=O)Nc2cccc(Br)c2)cc1N. The number of hydrogen-bond acceptors (Lipinski definition) is 4. The number of methoxy groups -OCH3 is 1. The minimum atomic E-state index is -3.68. The second-order valence-electron chi connectivity index (χ2n) is 4.02. The molecule has 0 radical (unpaired) electrons. The first kappa shape index (κ1) is 14.7. The highest BCUT2D eigenvalue weighted by Gasteiger charge is 2.16. The van der Waals surface area contributed by atoms with E-state index in [1.165, 1.54) is 25.3 Å². The van der Waals surface area contributed by atoms with E-state index in [1.54, 1.807) is 18.2 Å². The Hall–Kier alpha value is -1.73. The average Bonchev–Trinajstić information content (AvgIpc) is 2.38. The second-order valence-corrected chi connectivity index (χ2v) is 6.62. The van der Waals surface area contributed by atoms with E-state index in [2.05, 4.69) is 20.7 Å². The maximum absolute atomic E-state index is 12.2. The molecule has 0 bridgehead atoms. The molecule has 0 aliphatic carbocycles. The van der Waals surface area contributed by atoms with Crippen LogP contribution in [0.5, 0.6) is 5.75 Å². The first-order valence-corrected chi connectivity index (χ1v) is 7.92. The Labute approximate surface area is 125 Å². The third kappa shape index (κ3) is 3.23. The number of nitrogens with two attached hydrogens (primary N) is 1. The fourth-order valence-electron chi connectivity index (χ4n) is 1.65. The molecule has 20 heavy (non-hydrogen) atoms. The summed E-state index contributed by atoms with van der Waals surface area (Å²) in [6.07, 6.45) is 0. The quantitative estimate of drug-likeness (QED) is 0.825. The van der Waals surface area contributed by atoms with Gasteiger partial charge in [-0.15, -0.1) is 0 Å². The van der Waals surface area contributed by atoms with Crippen LogP contribution in [0.2, 0.25) is 0 Å². The summed E-state index contributed by atoms with van der Waals surface area (Å²) >= 11 is 3.29. The minimum Gasteiger partial charge on any atom is -0.495 e. The molecule has 2 rings (SSSR count). The molecule has 0 saturated heterocycles. The molecule has 0 aliphatic heterocycles. The molecule has 0 aromatic heterocycles. The monoisotopic (exact) mass is 356 g/mol. The molecule has 106 valence electrons. The molecule has 0 saturated carbocycles. The maximum Gasteiger partial charge on any atom is 0.261 e. The molecule has 2 aromatic carbocycles. The fraction of sp³-hybridized carbons (Fsp3) is 0.0769. The lowest BCUT2D eigenvalue weighted by Crippen LogP contribution is -2.13. The molecular formula is C13H13BrN2O3S. The summed E-state index contributed by atoms with van der Waals surface area (Å²) in [6, 6.07) is 11.2. The van der Waals surface area contributed by atoms with Crippen LogP contribution in [0.3, 0.4) is 0 Å². The Morgan fingerprint density at radius 2 is 1.95 bits per heavy atom. The Bertz CT molecular complexity index is 732. The van der Waals surface area contributed by atoms with Gasteiger partial charge in [0.2, 0.25) is 0 Å². The first-order valence-electron chi connectivity index (χ1n) is 5.64. The van der Waals surface area contributed by atoms with E-state index in [9.17, 15) is 8.42 Å². The summed E-state index contributed by atoms with van der Waals surface area (Å²) in [5.74, 6) is 0.436. The number of anilines is 2.